The summed E-state index contributed by atoms with van der Waals surface area (Å²) in [4.78, 5) is 19.1. The van der Waals surface area contributed by atoms with Crippen molar-refractivity contribution in [1.82, 2.24) is 20.5 Å². The second-order valence-corrected chi connectivity index (χ2v) is 9.03. The number of benzene rings is 2. The summed E-state index contributed by atoms with van der Waals surface area (Å²) in [5.41, 5.74) is 9.52. The van der Waals surface area contributed by atoms with E-state index in [1.54, 1.807) is 18.3 Å². The van der Waals surface area contributed by atoms with Gasteiger partial charge >= 0.3 is 0 Å². The highest BCUT2D eigenvalue weighted by molar-refractivity contribution is 6.04. The van der Waals surface area contributed by atoms with Crippen molar-refractivity contribution in [3.63, 3.8) is 0 Å². The smallest absolute Gasteiger partial charge is 0.255 e. The maximum absolute atomic E-state index is 12.6. The molecule has 4 rings (SSSR count). The number of nitrogens with zero attached hydrogens (tertiary/aromatic N) is 2. The van der Waals surface area contributed by atoms with E-state index in [9.17, 15) is 4.79 Å². The van der Waals surface area contributed by atoms with E-state index < -0.39 is 0 Å². The third-order valence-electron chi connectivity index (χ3n) is 6.43. The van der Waals surface area contributed by atoms with Gasteiger partial charge in [-0.1, -0.05) is 48.9 Å². The lowest BCUT2D eigenvalue weighted by Crippen LogP contribution is -2.53. The van der Waals surface area contributed by atoms with Gasteiger partial charge in [-0.05, 0) is 48.6 Å². The van der Waals surface area contributed by atoms with Gasteiger partial charge in [-0.25, -0.2) is 4.98 Å². The maximum atomic E-state index is 12.6. The molecular weight excluding hydrogens is 436 g/mol. The van der Waals surface area contributed by atoms with Gasteiger partial charge in [-0.3, -0.25) is 15.0 Å². The number of amides is 1. The van der Waals surface area contributed by atoms with Crippen LogP contribution in [0.25, 0.3) is 0 Å². The molecule has 7 nitrogen and oxygen atoms in total. The number of nitrogens with two attached hydrogens (primary N) is 1. The van der Waals surface area contributed by atoms with Crippen molar-refractivity contribution in [3.8, 4) is 0 Å². The van der Waals surface area contributed by atoms with E-state index in [0.29, 0.717) is 23.2 Å². The predicted octanol–water partition coefficient (Wildman–Crippen LogP) is 3.65. The first-order valence-corrected chi connectivity index (χ1v) is 12.5. The first-order valence-electron chi connectivity index (χ1n) is 12.5. The predicted molar refractivity (Wildman–Crippen MR) is 142 cm³/mol. The van der Waals surface area contributed by atoms with Gasteiger partial charge in [0.25, 0.3) is 5.91 Å². The summed E-state index contributed by atoms with van der Waals surface area (Å²) >= 11 is 0. The van der Waals surface area contributed by atoms with Crippen molar-refractivity contribution in [1.29, 1.82) is 0 Å². The molecule has 1 atom stereocenters. The number of nitrogen functional groups attached to an aromatic ring is 1. The van der Waals surface area contributed by atoms with E-state index in [2.05, 4.69) is 56.2 Å². The highest BCUT2D eigenvalue weighted by atomic mass is 16.1. The van der Waals surface area contributed by atoms with Gasteiger partial charge in [0.15, 0.2) is 0 Å². The second-order valence-electron chi connectivity index (χ2n) is 9.03. The molecule has 1 saturated heterocycles. The SMILES string of the molecule is Nc1cc(NC(=O)c2ccc(CNC(CCCCc3ccccc3)N3CCNCC3)cc2)ccn1. The van der Waals surface area contributed by atoms with Crippen molar-refractivity contribution < 1.29 is 4.79 Å². The molecule has 0 aliphatic carbocycles. The Balaban J connectivity index is 1.28. The van der Waals surface area contributed by atoms with E-state index in [1.165, 1.54) is 24.0 Å². The fraction of sp³-hybridized carbons (Fsp3) is 0.357. The van der Waals surface area contributed by atoms with E-state index in [1.807, 2.05) is 24.3 Å². The number of rotatable bonds is 11. The Morgan fingerprint density at radius 1 is 1.00 bits per heavy atom. The lowest BCUT2D eigenvalue weighted by molar-refractivity contribution is 0.102. The van der Waals surface area contributed by atoms with Crippen molar-refractivity contribution in [2.24, 2.45) is 0 Å². The quantitative estimate of drug-likeness (QED) is 0.318. The van der Waals surface area contributed by atoms with Crippen LogP contribution in [0.1, 0.15) is 40.7 Å². The molecule has 3 aromatic rings. The fourth-order valence-corrected chi connectivity index (χ4v) is 4.46. The summed E-state index contributed by atoms with van der Waals surface area (Å²) < 4.78 is 0. The van der Waals surface area contributed by atoms with Gasteiger partial charge in [-0.2, -0.15) is 0 Å². The molecule has 35 heavy (non-hydrogen) atoms. The molecule has 0 bridgehead atoms. The van der Waals surface area contributed by atoms with Crippen LogP contribution in [-0.2, 0) is 13.0 Å². The maximum Gasteiger partial charge on any atom is 0.255 e. The Morgan fingerprint density at radius 3 is 2.51 bits per heavy atom. The summed E-state index contributed by atoms with van der Waals surface area (Å²) in [5.74, 6) is 0.218. The minimum atomic E-state index is -0.160. The number of unbranched alkanes of at least 4 members (excludes halogenated alkanes) is 1. The Labute approximate surface area is 208 Å². The first-order chi connectivity index (χ1) is 17.2. The lowest BCUT2D eigenvalue weighted by atomic mass is 10.1. The van der Waals surface area contributed by atoms with Crippen molar-refractivity contribution in [3.05, 3.63) is 89.6 Å². The number of aryl methyl sites for hydroxylation is 1. The second kappa shape index (κ2) is 13.0. The number of hydrogen-bond acceptors (Lipinski definition) is 6. The zero-order valence-electron chi connectivity index (χ0n) is 20.2. The van der Waals surface area contributed by atoms with E-state index in [4.69, 9.17) is 5.73 Å². The number of carbonyl (C=O) groups excluding carboxylic acids is 1. The molecule has 1 fully saturated rings. The number of aromatic nitrogens is 1. The summed E-state index contributed by atoms with van der Waals surface area (Å²) in [7, 11) is 0. The number of anilines is 2. The number of nitrogens with one attached hydrogen (secondary N) is 3. The Bertz CT molecular complexity index is 1050. The summed E-state index contributed by atoms with van der Waals surface area (Å²) in [6, 6.07) is 21.9. The molecule has 0 saturated carbocycles. The lowest BCUT2D eigenvalue weighted by Gasteiger charge is -2.35. The zero-order chi connectivity index (χ0) is 24.3. The molecule has 1 aliphatic heterocycles. The van der Waals surface area contributed by atoms with Gasteiger partial charge in [0.2, 0.25) is 0 Å². The molecule has 1 amide bonds. The van der Waals surface area contributed by atoms with Gasteiger partial charge in [0, 0.05) is 56.2 Å². The molecule has 2 aromatic carbocycles. The van der Waals surface area contributed by atoms with E-state index in [-0.39, 0.29) is 5.91 Å². The molecule has 5 N–H and O–H groups in total. The Morgan fingerprint density at radius 2 is 1.77 bits per heavy atom. The average molecular weight is 473 g/mol. The Kier molecular flexibility index (Phi) is 9.23. The fourth-order valence-electron chi connectivity index (χ4n) is 4.46. The molecular formula is C28H36N6O. The van der Waals surface area contributed by atoms with Crippen LogP contribution in [0.5, 0.6) is 0 Å². The van der Waals surface area contributed by atoms with Crippen molar-refractivity contribution in [2.75, 3.05) is 37.2 Å². The van der Waals surface area contributed by atoms with Crippen LogP contribution in [0, 0.1) is 0 Å². The van der Waals surface area contributed by atoms with Crippen LogP contribution in [0.2, 0.25) is 0 Å². The summed E-state index contributed by atoms with van der Waals surface area (Å²) in [5, 5.41) is 10.1. The molecule has 7 heteroatoms. The van der Waals surface area contributed by atoms with Crippen LogP contribution < -0.4 is 21.7 Å². The summed E-state index contributed by atoms with van der Waals surface area (Å²) in [6.45, 7) is 4.98. The van der Waals surface area contributed by atoms with Crippen molar-refractivity contribution >= 4 is 17.4 Å². The normalized spacial score (nSPS) is 15.0. The molecule has 1 aromatic heterocycles. The standard InChI is InChI=1S/C28H36N6O/c29-26-20-25(14-15-31-26)33-28(35)24-12-10-23(11-13-24)21-32-27(34-18-16-30-17-19-34)9-5-4-8-22-6-2-1-3-7-22/h1-3,6-7,10-15,20,27,30,32H,4-5,8-9,16-19,21H2,(H3,29,31,33,35). The number of carbonyl (C=O) groups is 1. The Hall–Kier alpha value is -3.26. The van der Waals surface area contributed by atoms with E-state index >= 15 is 0 Å². The van der Waals surface area contributed by atoms with Crippen molar-refractivity contribution in [2.45, 2.75) is 38.4 Å². The van der Waals surface area contributed by atoms with Gasteiger partial charge in [0.1, 0.15) is 5.82 Å². The molecule has 2 heterocycles. The molecule has 1 unspecified atom stereocenters. The zero-order valence-corrected chi connectivity index (χ0v) is 20.2. The van der Waals surface area contributed by atoms with Crippen LogP contribution >= 0.6 is 0 Å². The van der Waals surface area contributed by atoms with Gasteiger partial charge < -0.3 is 16.4 Å². The molecule has 0 radical (unpaired) electrons. The number of piperazine rings is 1. The third kappa shape index (κ3) is 7.89. The highest BCUT2D eigenvalue weighted by Crippen LogP contribution is 2.14. The monoisotopic (exact) mass is 472 g/mol. The summed E-state index contributed by atoms with van der Waals surface area (Å²) in [6.07, 6.45) is 6.58. The molecule has 184 valence electrons. The van der Waals surface area contributed by atoms with Gasteiger partial charge in [0.05, 0.1) is 6.17 Å². The van der Waals surface area contributed by atoms with Crippen LogP contribution in [0.15, 0.2) is 72.9 Å². The molecule has 0 spiro atoms. The van der Waals surface area contributed by atoms with Crippen LogP contribution in [0.4, 0.5) is 11.5 Å². The first kappa shape index (κ1) is 24.9. The van der Waals surface area contributed by atoms with Crippen LogP contribution in [0.3, 0.4) is 0 Å². The minimum Gasteiger partial charge on any atom is -0.384 e. The topological polar surface area (TPSA) is 95.3 Å². The highest BCUT2D eigenvalue weighted by Gasteiger charge is 2.19. The minimum absolute atomic E-state index is 0.160. The largest absolute Gasteiger partial charge is 0.384 e. The van der Waals surface area contributed by atoms with E-state index in [0.717, 1.165) is 45.6 Å². The average Bonchev–Trinajstić information content (AvgIpc) is 2.89. The number of hydrogen-bond donors (Lipinski definition) is 4. The van der Waals surface area contributed by atoms with Crippen LogP contribution in [-0.4, -0.2) is 48.1 Å². The number of pyridine rings is 1. The molecule has 1 aliphatic rings. The third-order valence-corrected chi connectivity index (χ3v) is 6.43. The van der Waals surface area contributed by atoms with Gasteiger partial charge in [-0.15, -0.1) is 0 Å².